The van der Waals surface area contributed by atoms with Gasteiger partial charge >= 0.3 is 5.97 Å². The van der Waals surface area contributed by atoms with Crippen LogP contribution in [0.2, 0.25) is 5.02 Å². The topological polar surface area (TPSA) is 87.7 Å². The van der Waals surface area contributed by atoms with E-state index in [0.29, 0.717) is 28.1 Å². The fourth-order valence-electron chi connectivity index (χ4n) is 2.02. The number of aromatic carboxylic acids is 1. The molecule has 2 aromatic rings. The molecular weight excluding hydrogens is 444 g/mol. The third kappa shape index (κ3) is 5.17. The van der Waals surface area contributed by atoms with E-state index in [-0.39, 0.29) is 15.7 Å². The summed E-state index contributed by atoms with van der Waals surface area (Å²) in [5.74, 6) is -0.893. The highest BCUT2D eigenvalue weighted by atomic mass is 79.9. The fraction of sp³-hybridized carbons (Fsp3) is 0.118. The molecule has 136 valence electrons. The fourth-order valence-corrected chi connectivity index (χ4v) is 2.98. The Morgan fingerprint density at radius 3 is 2.58 bits per heavy atom. The number of nitrogens with one attached hydrogen (secondary N) is 2. The predicted octanol–water partition coefficient (Wildman–Crippen LogP) is 4.33. The highest BCUT2D eigenvalue weighted by molar-refractivity contribution is 9.10. The number of halogens is 2. The van der Waals surface area contributed by atoms with Crippen LogP contribution in [0.4, 0.5) is 5.69 Å². The average molecular weight is 458 g/mol. The summed E-state index contributed by atoms with van der Waals surface area (Å²) in [7, 11) is 0. The van der Waals surface area contributed by atoms with Gasteiger partial charge in [0, 0.05) is 11.3 Å². The predicted molar refractivity (Wildman–Crippen MR) is 107 cm³/mol. The Kier molecular flexibility index (Phi) is 6.96. The third-order valence-electron chi connectivity index (χ3n) is 3.18. The van der Waals surface area contributed by atoms with Crippen LogP contribution < -0.4 is 15.4 Å². The van der Waals surface area contributed by atoms with Crippen molar-refractivity contribution < 1.29 is 19.4 Å². The van der Waals surface area contributed by atoms with E-state index in [1.165, 1.54) is 18.2 Å². The number of ether oxygens (including phenoxy) is 1. The molecule has 0 bridgehead atoms. The molecule has 0 aliphatic carbocycles. The molecule has 0 aromatic heterocycles. The van der Waals surface area contributed by atoms with Crippen LogP contribution in [0.5, 0.6) is 5.75 Å². The molecule has 0 heterocycles. The first-order valence-corrected chi connectivity index (χ1v) is 8.97. The number of rotatable bonds is 5. The zero-order valence-electron chi connectivity index (χ0n) is 13.5. The van der Waals surface area contributed by atoms with Crippen LogP contribution in [-0.4, -0.2) is 28.7 Å². The highest BCUT2D eigenvalue weighted by Gasteiger charge is 2.12. The number of amides is 1. The minimum absolute atomic E-state index is 0.0218. The summed E-state index contributed by atoms with van der Waals surface area (Å²) in [6, 6.07) is 9.19. The van der Waals surface area contributed by atoms with Gasteiger partial charge in [0.15, 0.2) is 5.11 Å². The first-order valence-electron chi connectivity index (χ1n) is 7.39. The molecule has 0 aliphatic heterocycles. The number of carbonyl (C=O) groups excluding carboxylic acids is 1. The number of thiocarbonyl (C=S) groups is 1. The third-order valence-corrected chi connectivity index (χ3v) is 4.31. The molecule has 0 fully saturated rings. The van der Waals surface area contributed by atoms with Gasteiger partial charge in [0.2, 0.25) is 0 Å². The number of benzene rings is 2. The second-order valence-electron chi connectivity index (χ2n) is 4.99. The Labute approximate surface area is 168 Å². The quantitative estimate of drug-likeness (QED) is 0.579. The zero-order valence-corrected chi connectivity index (χ0v) is 16.7. The number of carbonyl (C=O) groups is 2. The van der Waals surface area contributed by atoms with Crippen molar-refractivity contribution in [3.63, 3.8) is 0 Å². The number of carboxylic acids is 1. The van der Waals surface area contributed by atoms with Crippen molar-refractivity contribution in [2.75, 3.05) is 11.9 Å². The second-order valence-corrected chi connectivity index (χ2v) is 6.66. The summed E-state index contributed by atoms with van der Waals surface area (Å²) >= 11 is 14.3. The Hall–Kier alpha value is -2.16. The molecule has 0 saturated carbocycles. The van der Waals surface area contributed by atoms with Crippen molar-refractivity contribution in [3.8, 4) is 5.75 Å². The minimum atomic E-state index is -1.13. The lowest BCUT2D eigenvalue weighted by Gasteiger charge is -2.11. The number of hydrogen-bond donors (Lipinski definition) is 3. The lowest BCUT2D eigenvalue weighted by molar-refractivity contribution is 0.0697. The van der Waals surface area contributed by atoms with E-state index in [0.717, 1.165) is 0 Å². The van der Waals surface area contributed by atoms with Crippen molar-refractivity contribution in [2.45, 2.75) is 6.92 Å². The van der Waals surface area contributed by atoms with E-state index in [2.05, 4.69) is 26.6 Å². The summed E-state index contributed by atoms with van der Waals surface area (Å²) in [5, 5.41) is 14.4. The van der Waals surface area contributed by atoms with Gasteiger partial charge in [-0.1, -0.05) is 11.6 Å². The van der Waals surface area contributed by atoms with Crippen molar-refractivity contribution >= 4 is 62.4 Å². The normalized spacial score (nSPS) is 10.1. The van der Waals surface area contributed by atoms with Crippen LogP contribution in [0.1, 0.15) is 27.6 Å². The molecule has 0 spiro atoms. The molecule has 0 radical (unpaired) electrons. The van der Waals surface area contributed by atoms with Gasteiger partial charge in [0.25, 0.3) is 5.91 Å². The Morgan fingerprint density at radius 1 is 1.27 bits per heavy atom. The molecule has 6 nitrogen and oxygen atoms in total. The smallest absolute Gasteiger partial charge is 0.337 e. The van der Waals surface area contributed by atoms with E-state index in [1.54, 1.807) is 18.2 Å². The summed E-state index contributed by atoms with van der Waals surface area (Å²) < 4.78 is 6.05. The van der Waals surface area contributed by atoms with Crippen molar-refractivity contribution in [1.29, 1.82) is 0 Å². The molecule has 2 rings (SSSR count). The molecule has 0 saturated heterocycles. The van der Waals surface area contributed by atoms with Crippen molar-refractivity contribution in [3.05, 3.63) is 57.0 Å². The summed E-state index contributed by atoms with van der Waals surface area (Å²) in [5.41, 5.74) is 0.827. The largest absolute Gasteiger partial charge is 0.493 e. The summed E-state index contributed by atoms with van der Waals surface area (Å²) in [6.07, 6.45) is 0. The Morgan fingerprint density at radius 2 is 2.00 bits per heavy atom. The summed E-state index contributed by atoms with van der Waals surface area (Å²) in [6.45, 7) is 2.38. The lowest BCUT2D eigenvalue weighted by atomic mass is 10.2. The zero-order chi connectivity index (χ0) is 19.3. The van der Waals surface area contributed by atoms with Gasteiger partial charge in [-0.25, -0.2) is 4.79 Å². The summed E-state index contributed by atoms with van der Waals surface area (Å²) in [4.78, 5) is 23.2. The van der Waals surface area contributed by atoms with Gasteiger partial charge in [0.1, 0.15) is 5.75 Å². The second kappa shape index (κ2) is 8.98. The van der Waals surface area contributed by atoms with E-state index in [4.69, 9.17) is 33.7 Å². The van der Waals surface area contributed by atoms with Gasteiger partial charge in [-0.2, -0.15) is 0 Å². The molecule has 26 heavy (non-hydrogen) atoms. The van der Waals surface area contributed by atoms with Crippen molar-refractivity contribution in [2.24, 2.45) is 0 Å². The van der Waals surface area contributed by atoms with Crippen LogP contribution in [-0.2, 0) is 0 Å². The molecule has 0 unspecified atom stereocenters. The SMILES string of the molecule is CCOc1ccc(C(=O)NC(=S)Nc2ccc(C(=O)O)c(Cl)c2)cc1Br. The maximum atomic E-state index is 12.3. The molecule has 0 aliphatic rings. The monoisotopic (exact) mass is 456 g/mol. The lowest BCUT2D eigenvalue weighted by Crippen LogP contribution is -2.34. The molecule has 9 heteroatoms. The van der Waals surface area contributed by atoms with Crippen LogP contribution in [0, 0.1) is 0 Å². The van der Waals surface area contributed by atoms with E-state index in [9.17, 15) is 9.59 Å². The van der Waals surface area contributed by atoms with Crippen molar-refractivity contribution in [1.82, 2.24) is 5.32 Å². The molecule has 1 amide bonds. The van der Waals surface area contributed by atoms with Gasteiger partial charge < -0.3 is 15.2 Å². The van der Waals surface area contributed by atoms with Gasteiger partial charge in [-0.15, -0.1) is 0 Å². The Balaban J connectivity index is 2.03. The highest BCUT2D eigenvalue weighted by Crippen LogP contribution is 2.26. The first-order chi connectivity index (χ1) is 12.3. The van der Waals surface area contributed by atoms with Crippen LogP contribution in [0.25, 0.3) is 0 Å². The van der Waals surface area contributed by atoms with Crippen LogP contribution in [0.15, 0.2) is 40.9 Å². The maximum Gasteiger partial charge on any atom is 0.337 e. The molecular formula is C17H14BrClN2O4S. The first kappa shape index (κ1) is 20.2. The maximum absolute atomic E-state index is 12.3. The average Bonchev–Trinajstić information content (AvgIpc) is 2.56. The minimum Gasteiger partial charge on any atom is -0.493 e. The van der Waals surface area contributed by atoms with E-state index < -0.39 is 11.9 Å². The number of hydrogen-bond acceptors (Lipinski definition) is 4. The number of carboxylic acid groups (broad SMARTS) is 1. The number of anilines is 1. The van der Waals surface area contributed by atoms with E-state index in [1.807, 2.05) is 6.92 Å². The standard InChI is InChI=1S/C17H14BrClN2O4S/c1-2-25-14-6-3-9(7-12(14)18)15(22)21-17(26)20-10-4-5-11(16(23)24)13(19)8-10/h3-8H,2H2,1H3,(H,23,24)(H2,20,21,22,26). The Bertz CT molecular complexity index is 876. The van der Waals surface area contributed by atoms with Gasteiger partial charge in [-0.05, 0) is 71.5 Å². The molecule has 3 N–H and O–H groups in total. The molecule has 2 aromatic carbocycles. The van der Waals surface area contributed by atoms with Gasteiger partial charge in [-0.3, -0.25) is 10.1 Å². The van der Waals surface area contributed by atoms with Crippen LogP contribution in [0.3, 0.4) is 0 Å². The van der Waals surface area contributed by atoms with Gasteiger partial charge in [0.05, 0.1) is 21.7 Å². The van der Waals surface area contributed by atoms with E-state index >= 15 is 0 Å². The molecule has 0 atom stereocenters. The van der Waals surface area contributed by atoms with Crippen LogP contribution >= 0.6 is 39.7 Å².